The zero-order valence-corrected chi connectivity index (χ0v) is 21.1. The van der Waals surface area contributed by atoms with Gasteiger partial charge in [-0.2, -0.15) is 6.08 Å². The van der Waals surface area contributed by atoms with Crippen LogP contribution < -0.4 is 24.8 Å². The van der Waals surface area contributed by atoms with Crippen LogP contribution in [0.25, 0.3) is 0 Å². The average Bonchev–Trinajstić information content (AvgIpc) is 3.20. The second-order valence-corrected chi connectivity index (χ2v) is 7.70. The van der Waals surface area contributed by atoms with Crippen LogP contribution in [0.15, 0.2) is 96.6 Å². The molecule has 31 heavy (non-hydrogen) atoms. The zero-order valence-electron chi connectivity index (χ0n) is 18.1. The van der Waals surface area contributed by atoms with Crippen molar-refractivity contribution in [2.75, 3.05) is 0 Å². The molecule has 0 aliphatic heterocycles. The molecule has 4 rings (SSSR count). The summed E-state index contributed by atoms with van der Waals surface area (Å²) in [7, 11) is 0. The van der Waals surface area contributed by atoms with Crippen LogP contribution in [0.2, 0.25) is 0 Å². The summed E-state index contributed by atoms with van der Waals surface area (Å²) in [5.41, 5.74) is 6.06. The molecule has 0 spiro atoms. The van der Waals surface area contributed by atoms with Crippen LogP contribution in [0.5, 0.6) is 5.75 Å². The van der Waals surface area contributed by atoms with Gasteiger partial charge in [0, 0.05) is 0 Å². The Morgan fingerprint density at radius 2 is 1.23 bits per heavy atom. The molecule has 1 aliphatic carbocycles. The second kappa shape index (κ2) is 15.8. The van der Waals surface area contributed by atoms with Gasteiger partial charge in [0.25, 0.3) is 0 Å². The van der Waals surface area contributed by atoms with Crippen LogP contribution in [-0.2, 0) is 20.0 Å². The number of allylic oxidation sites excluding steroid dienone is 4. The van der Waals surface area contributed by atoms with Crippen molar-refractivity contribution in [3.8, 4) is 5.75 Å². The zero-order chi connectivity index (χ0) is 21.1. The Labute approximate surface area is 210 Å². The van der Waals surface area contributed by atoms with Crippen molar-refractivity contribution in [1.82, 2.24) is 0 Å². The standard InChI is InChI=1S/C13H10.C8H10O.C6H7.2ClH.Ti/c1-3-7-12(8-4-1)11-13-9-5-2-6-10-13;1-6-3-7(2)5-8(9)4-6;1-6-4-2-3-5-6;;;/h1-10H;3-5,9H,1-2H3;2,4H,3H2,1H3;2*1H;/q;;-1;;;+1/p-2. The van der Waals surface area contributed by atoms with Crippen LogP contribution in [0.4, 0.5) is 0 Å². The number of phenolic OH excluding ortho intramolecular Hbond substituents is 1. The maximum absolute atomic E-state index is 8.99. The number of aryl methyl sites for hydroxylation is 2. The van der Waals surface area contributed by atoms with Crippen LogP contribution >= 0.6 is 0 Å². The van der Waals surface area contributed by atoms with Crippen LogP contribution in [0, 0.1) is 19.9 Å². The molecule has 0 aromatic heterocycles. The molecular formula is C27H27Cl2OTi-2. The van der Waals surface area contributed by atoms with E-state index >= 15 is 0 Å². The van der Waals surface area contributed by atoms with E-state index in [1.54, 1.807) is 12.1 Å². The normalized spacial score (nSPS) is 10.8. The van der Waals surface area contributed by atoms with Crippen molar-refractivity contribution >= 4 is 3.81 Å². The first-order valence-corrected chi connectivity index (χ1v) is 10.4. The fourth-order valence-electron chi connectivity index (χ4n) is 2.84. The van der Waals surface area contributed by atoms with E-state index in [4.69, 9.17) is 5.11 Å². The number of halogens is 2. The summed E-state index contributed by atoms with van der Waals surface area (Å²) in [6.07, 6.45) is 8.33. The molecule has 1 aliphatic rings. The topological polar surface area (TPSA) is 20.2 Å². The Morgan fingerprint density at radius 3 is 1.52 bits per heavy atom. The predicted octanol–water partition coefficient (Wildman–Crippen LogP) is 0.515. The van der Waals surface area contributed by atoms with E-state index in [-0.39, 0.29) is 24.8 Å². The Hall–Kier alpha value is -1.90. The fourth-order valence-corrected chi connectivity index (χ4v) is 3.36. The van der Waals surface area contributed by atoms with Crippen molar-refractivity contribution in [3.63, 3.8) is 0 Å². The molecule has 0 bridgehead atoms. The van der Waals surface area contributed by atoms with E-state index in [1.165, 1.54) is 20.5 Å². The van der Waals surface area contributed by atoms with Gasteiger partial charge in [0.1, 0.15) is 5.75 Å². The van der Waals surface area contributed by atoms with Gasteiger partial charge < -0.3 is 29.9 Å². The van der Waals surface area contributed by atoms with E-state index in [9.17, 15) is 0 Å². The molecule has 0 heterocycles. The van der Waals surface area contributed by atoms with Crippen LogP contribution in [0.1, 0.15) is 35.6 Å². The maximum atomic E-state index is 8.99. The van der Waals surface area contributed by atoms with Gasteiger partial charge >= 0.3 is 95.6 Å². The van der Waals surface area contributed by atoms with Gasteiger partial charge in [-0.05, 0) is 37.1 Å². The van der Waals surface area contributed by atoms with Gasteiger partial charge in [-0.15, -0.1) is 6.42 Å². The molecule has 0 fully saturated rings. The summed E-state index contributed by atoms with van der Waals surface area (Å²) >= 11 is 2.16. The Balaban J connectivity index is 0.000000459. The van der Waals surface area contributed by atoms with Gasteiger partial charge in [-0.1, -0.05) is 13.0 Å². The molecule has 0 amide bonds. The van der Waals surface area contributed by atoms with Crippen LogP contribution in [-0.4, -0.2) is 8.92 Å². The van der Waals surface area contributed by atoms with E-state index in [2.05, 4.69) is 93.7 Å². The fraction of sp³-hybridized carbons (Fsp3) is 0.148. The third-order valence-electron chi connectivity index (χ3n) is 4.20. The van der Waals surface area contributed by atoms with Gasteiger partial charge in [-0.3, -0.25) is 6.08 Å². The molecule has 3 aromatic carbocycles. The number of rotatable bonds is 2. The van der Waals surface area contributed by atoms with Crippen molar-refractivity contribution < 1.29 is 49.9 Å². The summed E-state index contributed by atoms with van der Waals surface area (Å²) in [5.74, 6) is 0.354. The third kappa shape index (κ3) is 11.3. The van der Waals surface area contributed by atoms with Crippen molar-refractivity contribution in [2.45, 2.75) is 27.2 Å². The molecule has 0 saturated heterocycles. The van der Waals surface area contributed by atoms with Gasteiger partial charge in [0.2, 0.25) is 0 Å². The van der Waals surface area contributed by atoms with Crippen molar-refractivity contribution in [3.05, 3.63) is 125 Å². The molecule has 0 radical (unpaired) electrons. The number of aromatic hydroxyl groups is 1. The minimum atomic E-state index is 0. The van der Waals surface area contributed by atoms with E-state index in [0.29, 0.717) is 5.75 Å². The predicted molar refractivity (Wildman–Crippen MR) is 120 cm³/mol. The Kier molecular flexibility index (Phi) is 14.9. The summed E-state index contributed by atoms with van der Waals surface area (Å²) in [6, 6.07) is 26.5. The molecular weight excluding hydrogens is 459 g/mol. The van der Waals surface area contributed by atoms with E-state index in [0.717, 1.165) is 17.5 Å². The SMILES string of the molecule is CC1=[C-]CC=C1.Cc1cc(C)cc(O)c1.[Cl-].[Cl-].[Ti+]=[C](c1ccccc1)c1ccccc1. The molecule has 0 saturated carbocycles. The Bertz CT molecular complexity index is 886. The Morgan fingerprint density at radius 1 is 0.774 bits per heavy atom. The van der Waals surface area contributed by atoms with E-state index < -0.39 is 0 Å². The first-order valence-electron chi connectivity index (χ1n) is 9.66. The molecule has 3 aromatic rings. The number of hydrogen-bond donors (Lipinski definition) is 1. The number of phenols is 1. The van der Waals surface area contributed by atoms with E-state index in [1.807, 2.05) is 32.0 Å². The first-order chi connectivity index (χ1) is 14.0. The van der Waals surface area contributed by atoms with Crippen molar-refractivity contribution in [2.24, 2.45) is 0 Å². The van der Waals surface area contributed by atoms with Crippen molar-refractivity contribution in [1.29, 1.82) is 0 Å². The third-order valence-corrected chi connectivity index (χ3v) is 5.10. The molecule has 1 N–H and O–H groups in total. The molecule has 161 valence electrons. The van der Waals surface area contributed by atoms with Gasteiger partial charge in [0.05, 0.1) is 0 Å². The summed E-state index contributed by atoms with van der Waals surface area (Å²) < 4.78 is 1.33. The summed E-state index contributed by atoms with van der Waals surface area (Å²) in [5, 5.41) is 8.99. The molecule has 4 heteroatoms. The quantitative estimate of drug-likeness (QED) is 0.414. The number of hydrogen-bond acceptors (Lipinski definition) is 1. The second-order valence-electron chi connectivity index (χ2n) is 6.92. The summed E-state index contributed by atoms with van der Waals surface area (Å²) in [4.78, 5) is 0. The average molecular weight is 486 g/mol. The monoisotopic (exact) mass is 485 g/mol. The number of benzene rings is 3. The first kappa shape index (κ1) is 29.1. The minimum absolute atomic E-state index is 0. The summed E-state index contributed by atoms with van der Waals surface area (Å²) in [6.45, 7) is 5.99. The molecule has 0 atom stereocenters. The van der Waals surface area contributed by atoms with Gasteiger partial charge in [-0.25, -0.2) is 11.6 Å². The van der Waals surface area contributed by atoms with Gasteiger partial charge in [0.15, 0.2) is 0 Å². The molecule has 1 nitrogen and oxygen atoms in total. The van der Waals surface area contributed by atoms with Crippen LogP contribution in [0.3, 0.4) is 0 Å². The molecule has 0 unspecified atom stereocenters.